The largest absolute Gasteiger partial charge is 0.338 e. The van der Waals surface area contributed by atoms with Crippen molar-refractivity contribution in [2.45, 2.75) is 46.1 Å². The smallest absolute Gasteiger partial charge is 0.267 e. The number of likely N-dealkylation sites (tertiary alicyclic amines) is 1. The molecule has 1 fully saturated rings. The van der Waals surface area contributed by atoms with Crippen LogP contribution < -0.4 is 5.56 Å². The van der Waals surface area contributed by atoms with E-state index in [4.69, 9.17) is 0 Å². The van der Waals surface area contributed by atoms with Gasteiger partial charge in [0.05, 0.1) is 23.5 Å². The summed E-state index contributed by atoms with van der Waals surface area (Å²) in [6, 6.07) is 1.75. The second kappa shape index (κ2) is 6.13. The fourth-order valence-electron chi connectivity index (χ4n) is 3.85. The highest BCUT2D eigenvalue weighted by molar-refractivity contribution is 5.96. The van der Waals surface area contributed by atoms with Crippen LogP contribution in [-0.2, 0) is 19.4 Å². The molecule has 25 heavy (non-hydrogen) atoms. The van der Waals surface area contributed by atoms with Gasteiger partial charge in [-0.25, -0.2) is 4.68 Å². The predicted octanol–water partition coefficient (Wildman–Crippen LogP) is 1.23. The van der Waals surface area contributed by atoms with Crippen LogP contribution in [0.4, 0.5) is 0 Å². The molecule has 0 saturated carbocycles. The Morgan fingerprint density at radius 2 is 2.04 bits per heavy atom. The minimum absolute atomic E-state index is 0.0192. The van der Waals surface area contributed by atoms with Crippen molar-refractivity contribution in [3.63, 3.8) is 0 Å². The Labute approximate surface area is 146 Å². The van der Waals surface area contributed by atoms with Gasteiger partial charge < -0.3 is 4.90 Å². The molecule has 1 N–H and O–H groups in total. The average Bonchev–Trinajstić information content (AvgIpc) is 2.89. The lowest BCUT2D eigenvalue weighted by Crippen LogP contribution is -2.52. The molecule has 7 nitrogen and oxygen atoms in total. The van der Waals surface area contributed by atoms with E-state index in [2.05, 4.69) is 15.3 Å². The van der Waals surface area contributed by atoms with Gasteiger partial charge in [0.2, 0.25) is 0 Å². The minimum Gasteiger partial charge on any atom is -0.338 e. The summed E-state index contributed by atoms with van der Waals surface area (Å²) in [4.78, 5) is 26.7. The number of fused-ring (bicyclic) bond motifs is 1. The summed E-state index contributed by atoms with van der Waals surface area (Å²) >= 11 is 0. The molecule has 0 aromatic carbocycles. The summed E-state index contributed by atoms with van der Waals surface area (Å²) in [5.41, 5.74) is 4.37. The Morgan fingerprint density at radius 3 is 2.76 bits per heavy atom. The van der Waals surface area contributed by atoms with Gasteiger partial charge in [0.15, 0.2) is 0 Å². The average molecular weight is 341 g/mol. The first-order valence-corrected chi connectivity index (χ1v) is 8.93. The van der Waals surface area contributed by atoms with Crippen LogP contribution in [0.25, 0.3) is 0 Å². The van der Waals surface area contributed by atoms with Crippen LogP contribution in [0.1, 0.15) is 45.8 Å². The molecular weight excluding hydrogens is 318 g/mol. The molecule has 0 bridgehead atoms. The van der Waals surface area contributed by atoms with E-state index in [-0.39, 0.29) is 17.4 Å². The minimum atomic E-state index is -0.0213. The molecular formula is C18H23N5O2. The molecule has 4 rings (SSSR count). The second-order valence-corrected chi connectivity index (χ2v) is 7.23. The van der Waals surface area contributed by atoms with E-state index in [1.165, 1.54) is 0 Å². The molecule has 0 unspecified atom stereocenters. The van der Waals surface area contributed by atoms with Gasteiger partial charge in [-0.2, -0.15) is 10.2 Å². The number of rotatable bonds is 3. The first-order chi connectivity index (χ1) is 12.0. The molecule has 0 radical (unpaired) electrons. The van der Waals surface area contributed by atoms with E-state index in [9.17, 15) is 9.59 Å². The van der Waals surface area contributed by atoms with Gasteiger partial charge in [-0.05, 0) is 45.1 Å². The number of aromatic nitrogens is 4. The Kier molecular flexibility index (Phi) is 3.94. The highest BCUT2D eigenvalue weighted by atomic mass is 16.2. The fourth-order valence-corrected chi connectivity index (χ4v) is 3.85. The molecule has 0 spiro atoms. The summed E-state index contributed by atoms with van der Waals surface area (Å²) in [6.07, 6.45) is 4.22. The van der Waals surface area contributed by atoms with Gasteiger partial charge >= 0.3 is 0 Å². The van der Waals surface area contributed by atoms with Crippen molar-refractivity contribution >= 4 is 5.91 Å². The number of aryl methyl sites for hydroxylation is 4. The van der Waals surface area contributed by atoms with Crippen molar-refractivity contribution in [3.05, 3.63) is 44.6 Å². The number of hydrogen-bond donors (Lipinski definition) is 1. The van der Waals surface area contributed by atoms with Gasteiger partial charge in [-0.3, -0.25) is 14.7 Å². The standard InChI is InChI=1S/C18H23N5O2/c1-11-17(12(2)20-19-11)18(25)22-8-13(9-22)10-23-16(24)7-14-5-3-4-6-15(14)21-23/h7,13H,3-6,8-10H2,1-2H3,(H,19,20). The van der Waals surface area contributed by atoms with Crippen molar-refractivity contribution in [3.8, 4) is 0 Å². The summed E-state index contributed by atoms with van der Waals surface area (Å²) in [5, 5.41) is 11.5. The third-order valence-electron chi connectivity index (χ3n) is 5.29. The highest BCUT2D eigenvalue weighted by Gasteiger charge is 2.33. The summed E-state index contributed by atoms with van der Waals surface area (Å²) in [7, 11) is 0. The van der Waals surface area contributed by atoms with Crippen LogP contribution in [0.2, 0.25) is 0 Å². The van der Waals surface area contributed by atoms with Crippen molar-refractivity contribution < 1.29 is 4.79 Å². The van der Waals surface area contributed by atoms with Crippen LogP contribution in [0.3, 0.4) is 0 Å². The molecule has 2 aliphatic rings. The maximum atomic E-state index is 12.6. The van der Waals surface area contributed by atoms with E-state index < -0.39 is 0 Å². The number of carbonyl (C=O) groups is 1. The molecule has 2 aromatic rings. The number of hydrogen-bond acceptors (Lipinski definition) is 4. The first-order valence-electron chi connectivity index (χ1n) is 8.93. The fraction of sp³-hybridized carbons (Fsp3) is 0.556. The zero-order valence-corrected chi connectivity index (χ0v) is 14.7. The van der Waals surface area contributed by atoms with Crippen molar-refractivity contribution in [1.29, 1.82) is 0 Å². The van der Waals surface area contributed by atoms with E-state index in [0.717, 1.165) is 48.3 Å². The van der Waals surface area contributed by atoms with Gasteiger partial charge in [-0.15, -0.1) is 0 Å². The van der Waals surface area contributed by atoms with E-state index in [1.54, 1.807) is 10.7 Å². The molecule has 3 heterocycles. The lowest BCUT2D eigenvalue weighted by Gasteiger charge is -2.39. The maximum absolute atomic E-state index is 12.6. The van der Waals surface area contributed by atoms with E-state index in [0.29, 0.717) is 25.2 Å². The number of amides is 1. The normalized spacial score (nSPS) is 17.3. The van der Waals surface area contributed by atoms with Crippen molar-refractivity contribution in [2.24, 2.45) is 5.92 Å². The lowest BCUT2D eigenvalue weighted by atomic mass is 9.96. The monoisotopic (exact) mass is 341 g/mol. The lowest BCUT2D eigenvalue weighted by molar-refractivity contribution is 0.0456. The van der Waals surface area contributed by atoms with Gasteiger partial charge in [0.25, 0.3) is 11.5 Å². The van der Waals surface area contributed by atoms with Crippen LogP contribution in [0, 0.1) is 19.8 Å². The van der Waals surface area contributed by atoms with Gasteiger partial charge in [0.1, 0.15) is 0 Å². The molecule has 0 atom stereocenters. The Hall–Kier alpha value is -2.44. The van der Waals surface area contributed by atoms with Gasteiger partial charge in [0, 0.05) is 30.8 Å². The molecule has 132 valence electrons. The predicted molar refractivity (Wildman–Crippen MR) is 92.6 cm³/mol. The quantitative estimate of drug-likeness (QED) is 0.910. The Morgan fingerprint density at radius 1 is 1.28 bits per heavy atom. The number of nitrogens with one attached hydrogen (secondary N) is 1. The third-order valence-corrected chi connectivity index (χ3v) is 5.29. The summed E-state index contributed by atoms with van der Waals surface area (Å²) in [6.45, 7) is 5.60. The first kappa shape index (κ1) is 16.1. The molecule has 7 heteroatoms. The highest BCUT2D eigenvalue weighted by Crippen LogP contribution is 2.23. The maximum Gasteiger partial charge on any atom is 0.267 e. The zero-order valence-electron chi connectivity index (χ0n) is 14.7. The third kappa shape index (κ3) is 2.88. The number of aromatic amines is 1. The molecule has 1 saturated heterocycles. The second-order valence-electron chi connectivity index (χ2n) is 7.23. The van der Waals surface area contributed by atoms with Crippen LogP contribution in [0.15, 0.2) is 10.9 Å². The summed E-state index contributed by atoms with van der Waals surface area (Å²) < 4.78 is 1.59. The van der Waals surface area contributed by atoms with Crippen LogP contribution in [0.5, 0.6) is 0 Å². The molecule has 2 aromatic heterocycles. The molecule has 1 aliphatic carbocycles. The SMILES string of the molecule is Cc1n[nH]c(C)c1C(=O)N1CC(Cn2nc3c(cc2=O)CCCC3)C1. The number of carbonyl (C=O) groups excluding carboxylic acids is 1. The molecule has 1 amide bonds. The zero-order chi connectivity index (χ0) is 17.6. The Balaban J connectivity index is 1.42. The van der Waals surface area contributed by atoms with E-state index in [1.807, 2.05) is 18.7 Å². The van der Waals surface area contributed by atoms with Crippen molar-refractivity contribution in [1.82, 2.24) is 24.9 Å². The molecule has 1 aliphatic heterocycles. The number of nitrogens with zero attached hydrogens (tertiary/aromatic N) is 4. The number of H-pyrrole nitrogens is 1. The van der Waals surface area contributed by atoms with Crippen LogP contribution in [-0.4, -0.2) is 43.9 Å². The van der Waals surface area contributed by atoms with Gasteiger partial charge in [-0.1, -0.05) is 0 Å². The Bertz CT molecular complexity index is 857. The topological polar surface area (TPSA) is 83.9 Å². The summed E-state index contributed by atoms with van der Waals surface area (Å²) in [5.74, 6) is 0.300. The van der Waals surface area contributed by atoms with E-state index >= 15 is 0 Å². The van der Waals surface area contributed by atoms with Crippen molar-refractivity contribution in [2.75, 3.05) is 13.1 Å². The van der Waals surface area contributed by atoms with Crippen LogP contribution >= 0.6 is 0 Å².